The molecule has 1 heterocycles. The molecule has 0 bridgehead atoms. The van der Waals surface area contributed by atoms with Gasteiger partial charge in [-0.25, -0.2) is 0 Å². The maximum atomic E-state index is 4.58. The van der Waals surface area contributed by atoms with Crippen LogP contribution < -0.4 is 5.19 Å². The van der Waals surface area contributed by atoms with Crippen LogP contribution in [-0.2, 0) is 0 Å². The van der Waals surface area contributed by atoms with Gasteiger partial charge in [-0.15, -0.1) is 0 Å². The van der Waals surface area contributed by atoms with Crippen molar-refractivity contribution in [1.82, 2.24) is 4.98 Å². The zero-order chi connectivity index (χ0) is 17.2. The molecule has 0 aliphatic heterocycles. The van der Waals surface area contributed by atoms with Crippen LogP contribution in [-0.4, -0.2) is 13.1 Å². The van der Waals surface area contributed by atoms with E-state index < -0.39 is 8.07 Å². The molecular formula is C22H25NSi. The lowest BCUT2D eigenvalue weighted by atomic mass is 9.92. The van der Waals surface area contributed by atoms with Crippen molar-refractivity contribution in [2.75, 3.05) is 0 Å². The number of hydrogen-bond donors (Lipinski definition) is 0. The number of hydrogen-bond acceptors (Lipinski definition) is 1. The second-order valence-corrected chi connectivity index (χ2v) is 12.5. The highest BCUT2D eigenvalue weighted by Gasteiger charge is 2.17. The Balaban J connectivity index is 1.88. The van der Waals surface area contributed by atoms with Gasteiger partial charge in [-0.1, -0.05) is 86.3 Å². The van der Waals surface area contributed by atoms with Crippen LogP contribution in [0.15, 0.2) is 72.9 Å². The molecule has 0 aliphatic carbocycles. The maximum Gasteiger partial charge on any atom is 0.0777 e. The van der Waals surface area contributed by atoms with E-state index in [4.69, 9.17) is 0 Å². The highest BCUT2D eigenvalue weighted by molar-refractivity contribution is 6.88. The van der Waals surface area contributed by atoms with Gasteiger partial charge in [-0.2, -0.15) is 0 Å². The van der Waals surface area contributed by atoms with Crippen molar-refractivity contribution < 1.29 is 0 Å². The van der Waals surface area contributed by atoms with Gasteiger partial charge >= 0.3 is 0 Å². The summed E-state index contributed by atoms with van der Waals surface area (Å²) < 4.78 is 0. The molecule has 0 amide bonds. The molecule has 0 aliphatic rings. The highest BCUT2D eigenvalue weighted by Crippen LogP contribution is 2.26. The molecule has 0 fully saturated rings. The second kappa shape index (κ2) is 6.74. The standard InChI is InChI=1S/C22H25NSi/c1-17(18-8-6-5-7-9-18)19-10-12-20(13-11-19)22-16-21(14-15-23-22)24(2,3)4/h5-17H,1-4H3. The largest absolute Gasteiger partial charge is 0.256 e. The smallest absolute Gasteiger partial charge is 0.0777 e. The normalized spacial score (nSPS) is 12.8. The van der Waals surface area contributed by atoms with Crippen molar-refractivity contribution in [3.05, 3.63) is 84.1 Å². The van der Waals surface area contributed by atoms with E-state index >= 15 is 0 Å². The van der Waals surface area contributed by atoms with Crippen LogP contribution in [0, 0.1) is 0 Å². The average molecular weight is 332 g/mol. The Morgan fingerprint density at radius 1 is 0.792 bits per heavy atom. The van der Waals surface area contributed by atoms with Gasteiger partial charge in [0.2, 0.25) is 0 Å². The van der Waals surface area contributed by atoms with Gasteiger partial charge in [-0.3, -0.25) is 4.98 Å². The van der Waals surface area contributed by atoms with Gasteiger partial charge in [0.25, 0.3) is 0 Å². The van der Waals surface area contributed by atoms with Crippen molar-refractivity contribution in [1.29, 1.82) is 0 Å². The molecule has 2 aromatic carbocycles. The molecule has 0 radical (unpaired) electrons. The molecular weight excluding hydrogens is 306 g/mol. The first-order chi connectivity index (χ1) is 11.4. The SMILES string of the molecule is CC(c1ccccc1)c1ccc(-c2cc([Si](C)(C)C)ccn2)cc1. The molecule has 0 spiro atoms. The van der Waals surface area contributed by atoms with Gasteiger partial charge in [0.1, 0.15) is 0 Å². The minimum Gasteiger partial charge on any atom is -0.256 e. The summed E-state index contributed by atoms with van der Waals surface area (Å²) in [6.07, 6.45) is 1.95. The van der Waals surface area contributed by atoms with Crippen LogP contribution in [0.1, 0.15) is 24.0 Å². The van der Waals surface area contributed by atoms with Crippen LogP contribution in [0.3, 0.4) is 0 Å². The third-order valence-electron chi connectivity index (χ3n) is 4.63. The Bertz CT molecular complexity index is 801. The van der Waals surface area contributed by atoms with Crippen molar-refractivity contribution in [2.24, 2.45) is 0 Å². The fourth-order valence-corrected chi connectivity index (χ4v) is 4.08. The van der Waals surface area contributed by atoms with Crippen LogP contribution in [0.5, 0.6) is 0 Å². The fourth-order valence-electron chi connectivity index (χ4n) is 2.93. The van der Waals surface area contributed by atoms with Crippen molar-refractivity contribution >= 4 is 13.3 Å². The van der Waals surface area contributed by atoms with Gasteiger partial charge in [0.15, 0.2) is 0 Å². The molecule has 3 rings (SSSR count). The molecule has 2 heteroatoms. The van der Waals surface area contributed by atoms with E-state index in [2.05, 4.69) is 98.3 Å². The quantitative estimate of drug-likeness (QED) is 0.580. The van der Waals surface area contributed by atoms with E-state index in [1.807, 2.05) is 6.20 Å². The van der Waals surface area contributed by atoms with Crippen molar-refractivity contribution in [2.45, 2.75) is 32.5 Å². The molecule has 1 aromatic heterocycles. The minimum atomic E-state index is -1.31. The van der Waals surface area contributed by atoms with E-state index in [1.54, 1.807) is 0 Å². The first kappa shape index (κ1) is 16.7. The molecule has 122 valence electrons. The van der Waals surface area contributed by atoms with Crippen LogP contribution >= 0.6 is 0 Å². The molecule has 1 nitrogen and oxygen atoms in total. The number of nitrogens with zero attached hydrogens (tertiary/aromatic N) is 1. The Morgan fingerprint density at radius 2 is 1.42 bits per heavy atom. The number of rotatable bonds is 4. The maximum absolute atomic E-state index is 4.58. The van der Waals surface area contributed by atoms with Gasteiger partial charge in [0, 0.05) is 17.7 Å². The molecule has 1 unspecified atom stereocenters. The lowest BCUT2D eigenvalue weighted by molar-refractivity contribution is 0.922. The molecule has 24 heavy (non-hydrogen) atoms. The zero-order valence-corrected chi connectivity index (χ0v) is 16.0. The monoisotopic (exact) mass is 331 g/mol. The molecule has 0 N–H and O–H groups in total. The van der Waals surface area contributed by atoms with E-state index in [0.717, 1.165) is 5.69 Å². The Kier molecular flexibility index (Phi) is 4.68. The lowest BCUT2D eigenvalue weighted by Crippen LogP contribution is -2.37. The number of aromatic nitrogens is 1. The van der Waals surface area contributed by atoms with Crippen LogP contribution in [0.4, 0.5) is 0 Å². The van der Waals surface area contributed by atoms with Gasteiger partial charge in [0.05, 0.1) is 13.8 Å². The minimum absolute atomic E-state index is 0.404. The van der Waals surface area contributed by atoms with Crippen molar-refractivity contribution in [3.8, 4) is 11.3 Å². The van der Waals surface area contributed by atoms with E-state index in [9.17, 15) is 0 Å². The summed E-state index contributed by atoms with van der Waals surface area (Å²) >= 11 is 0. The summed E-state index contributed by atoms with van der Waals surface area (Å²) in [5.41, 5.74) is 4.96. The van der Waals surface area contributed by atoms with Gasteiger partial charge in [-0.05, 0) is 23.3 Å². The first-order valence-electron chi connectivity index (χ1n) is 8.57. The van der Waals surface area contributed by atoms with Crippen molar-refractivity contribution in [3.63, 3.8) is 0 Å². The molecule has 1 atom stereocenters. The molecule has 0 saturated heterocycles. The number of pyridine rings is 1. The predicted octanol–water partition coefficient (Wildman–Crippen LogP) is 5.45. The predicted molar refractivity (Wildman–Crippen MR) is 107 cm³/mol. The van der Waals surface area contributed by atoms with Crippen LogP contribution in [0.25, 0.3) is 11.3 Å². The van der Waals surface area contributed by atoms with Crippen LogP contribution in [0.2, 0.25) is 19.6 Å². The molecule has 0 saturated carbocycles. The Labute approximate surface area is 146 Å². The second-order valence-electron chi connectivity index (χ2n) is 7.43. The topological polar surface area (TPSA) is 12.9 Å². The Hall–Kier alpha value is -2.19. The molecule has 3 aromatic rings. The Morgan fingerprint density at radius 3 is 2.04 bits per heavy atom. The van der Waals surface area contributed by atoms with E-state index in [-0.39, 0.29) is 0 Å². The average Bonchev–Trinajstić information content (AvgIpc) is 2.61. The first-order valence-corrected chi connectivity index (χ1v) is 12.1. The van der Waals surface area contributed by atoms with E-state index in [0.29, 0.717) is 5.92 Å². The zero-order valence-electron chi connectivity index (χ0n) is 15.0. The number of benzene rings is 2. The summed E-state index contributed by atoms with van der Waals surface area (Å²) in [6, 6.07) is 24.0. The summed E-state index contributed by atoms with van der Waals surface area (Å²) in [5.74, 6) is 0.404. The van der Waals surface area contributed by atoms with E-state index in [1.165, 1.54) is 21.9 Å². The highest BCUT2D eigenvalue weighted by atomic mass is 28.3. The summed E-state index contributed by atoms with van der Waals surface area (Å²) in [5, 5.41) is 1.45. The fraction of sp³-hybridized carbons (Fsp3) is 0.227. The summed E-state index contributed by atoms with van der Waals surface area (Å²) in [7, 11) is -1.31. The summed E-state index contributed by atoms with van der Waals surface area (Å²) in [4.78, 5) is 4.58. The summed E-state index contributed by atoms with van der Waals surface area (Å²) in [6.45, 7) is 9.37. The third-order valence-corrected chi connectivity index (χ3v) is 6.68. The van der Waals surface area contributed by atoms with Gasteiger partial charge < -0.3 is 0 Å². The third kappa shape index (κ3) is 3.65. The lowest BCUT2D eigenvalue weighted by Gasteiger charge is -2.17.